The summed E-state index contributed by atoms with van der Waals surface area (Å²) in [6.45, 7) is 0. The Labute approximate surface area is 136 Å². The molecule has 11 heteroatoms. The summed E-state index contributed by atoms with van der Waals surface area (Å²) in [7, 11) is -2.12. The molecule has 2 N–H and O–H groups in total. The molecule has 0 aliphatic heterocycles. The number of hydrogen-bond acceptors (Lipinski definition) is 8. The van der Waals surface area contributed by atoms with Crippen molar-refractivity contribution in [1.29, 1.82) is 0 Å². The molecule has 23 heavy (non-hydrogen) atoms. The van der Waals surface area contributed by atoms with Gasteiger partial charge in [0.05, 0.1) is 12.7 Å². The van der Waals surface area contributed by atoms with Crippen LogP contribution in [-0.4, -0.2) is 46.3 Å². The van der Waals surface area contributed by atoms with E-state index in [1.165, 1.54) is 7.11 Å². The zero-order valence-corrected chi connectivity index (χ0v) is 13.6. The lowest BCUT2D eigenvalue weighted by Gasteiger charge is -2.04. The number of sulfone groups is 1. The highest BCUT2D eigenvalue weighted by Crippen LogP contribution is 2.30. The Morgan fingerprint density at radius 2 is 2.00 bits per heavy atom. The molecule has 0 bridgehead atoms. The van der Waals surface area contributed by atoms with Gasteiger partial charge in [0.25, 0.3) is 10.9 Å². The zero-order valence-electron chi connectivity index (χ0n) is 12.1. The first-order chi connectivity index (χ1) is 10.8. The third-order valence-electron chi connectivity index (χ3n) is 2.95. The number of rotatable bonds is 3. The molecule has 0 atom stereocenters. The molecule has 1 aromatic carbocycles. The first-order valence-electron chi connectivity index (χ1n) is 6.24. The molecule has 0 saturated heterocycles. The number of anilines is 1. The maximum atomic E-state index is 11.6. The molecule has 0 aliphatic carbocycles. The summed E-state index contributed by atoms with van der Waals surface area (Å²) in [5.74, 6) is 0.598. The van der Waals surface area contributed by atoms with E-state index in [9.17, 15) is 8.42 Å². The summed E-state index contributed by atoms with van der Waals surface area (Å²) in [4.78, 5) is 11.8. The summed E-state index contributed by atoms with van der Waals surface area (Å²) in [5.41, 5.74) is 6.25. The van der Waals surface area contributed by atoms with E-state index >= 15 is 0 Å². The van der Waals surface area contributed by atoms with Crippen LogP contribution in [0.2, 0.25) is 5.02 Å². The smallest absolute Gasteiger partial charge is 0.258 e. The molecule has 0 spiro atoms. The van der Waals surface area contributed by atoms with Crippen molar-refractivity contribution in [2.45, 2.75) is 5.16 Å². The lowest BCUT2D eigenvalue weighted by atomic mass is 10.2. The number of nitrogen functional groups attached to an aromatic ring is 1. The van der Waals surface area contributed by atoms with Gasteiger partial charge in [-0.15, -0.1) is 5.10 Å². The lowest BCUT2D eigenvalue weighted by Crippen LogP contribution is -2.11. The largest absolute Gasteiger partial charge is 0.496 e. The van der Waals surface area contributed by atoms with Crippen LogP contribution < -0.4 is 10.5 Å². The second-order valence-corrected chi connectivity index (χ2v) is 6.97. The second kappa shape index (κ2) is 5.32. The van der Waals surface area contributed by atoms with E-state index in [0.29, 0.717) is 16.3 Å². The van der Waals surface area contributed by atoms with Crippen molar-refractivity contribution in [3.63, 3.8) is 0 Å². The van der Waals surface area contributed by atoms with Crippen LogP contribution in [0.25, 0.3) is 17.2 Å². The normalized spacial score (nSPS) is 11.8. The number of nitrogens with zero attached hydrogens (tertiary/aromatic N) is 5. The van der Waals surface area contributed by atoms with Crippen LogP contribution in [-0.2, 0) is 9.84 Å². The molecule has 2 aromatic heterocycles. The van der Waals surface area contributed by atoms with Gasteiger partial charge in [0, 0.05) is 11.3 Å². The molecule has 0 radical (unpaired) electrons. The minimum absolute atomic E-state index is 0.00922. The highest BCUT2D eigenvalue weighted by molar-refractivity contribution is 7.90. The first-order valence-corrected chi connectivity index (χ1v) is 8.51. The summed E-state index contributed by atoms with van der Waals surface area (Å²) in [5, 5.41) is 4.23. The predicted octanol–water partition coefficient (Wildman–Crippen LogP) is 0.834. The Balaban J connectivity index is 2.26. The van der Waals surface area contributed by atoms with Gasteiger partial charge in [0.1, 0.15) is 5.75 Å². The molecule has 3 rings (SSSR count). The highest BCUT2D eigenvalue weighted by Gasteiger charge is 2.19. The van der Waals surface area contributed by atoms with Gasteiger partial charge in [-0.25, -0.2) is 8.42 Å². The number of nitrogens with two attached hydrogens (primary N) is 1. The van der Waals surface area contributed by atoms with Crippen LogP contribution in [0.3, 0.4) is 0 Å². The molecule has 9 nitrogen and oxygen atoms in total. The Morgan fingerprint density at radius 1 is 1.26 bits per heavy atom. The van der Waals surface area contributed by atoms with Crippen molar-refractivity contribution >= 4 is 33.2 Å². The van der Waals surface area contributed by atoms with Crippen molar-refractivity contribution in [2.75, 3.05) is 19.1 Å². The molecule has 0 fully saturated rings. The number of aromatic nitrogens is 5. The monoisotopic (exact) mass is 354 g/mol. The lowest BCUT2D eigenvalue weighted by molar-refractivity contribution is 0.416. The van der Waals surface area contributed by atoms with Crippen molar-refractivity contribution in [3.05, 3.63) is 23.2 Å². The van der Waals surface area contributed by atoms with Gasteiger partial charge in [0.2, 0.25) is 15.8 Å². The number of benzene rings is 1. The van der Waals surface area contributed by atoms with E-state index in [1.807, 2.05) is 0 Å². The maximum Gasteiger partial charge on any atom is 0.258 e. The average Bonchev–Trinajstić information content (AvgIpc) is 2.91. The number of hydrogen-bond donors (Lipinski definition) is 1. The minimum Gasteiger partial charge on any atom is -0.496 e. The Morgan fingerprint density at radius 3 is 2.65 bits per heavy atom. The minimum atomic E-state index is -3.62. The fourth-order valence-corrected chi connectivity index (χ4v) is 2.60. The van der Waals surface area contributed by atoms with Gasteiger partial charge in [-0.05, 0) is 18.2 Å². The standard InChI is InChI=1S/C12H11ClN6O3S/c1-22-8-4-3-6(13)5-7(8)9-15-11-17-12(23(2,20)21)16-10(14)19(11)18-9/h3-5H,1-2H3,(H2,14,15,16,17,18). The molecule has 0 aliphatic rings. The Hall–Kier alpha value is -2.46. The van der Waals surface area contributed by atoms with Crippen molar-refractivity contribution < 1.29 is 13.2 Å². The Bertz CT molecular complexity index is 1020. The van der Waals surface area contributed by atoms with Crippen molar-refractivity contribution in [1.82, 2.24) is 24.6 Å². The van der Waals surface area contributed by atoms with Crippen molar-refractivity contribution in [3.8, 4) is 17.1 Å². The van der Waals surface area contributed by atoms with E-state index < -0.39 is 15.0 Å². The fraction of sp³-hybridized carbons (Fsp3) is 0.167. The molecule has 120 valence electrons. The SMILES string of the molecule is COc1ccc(Cl)cc1-c1nc2nc(S(C)(=O)=O)nc(N)n2n1. The summed E-state index contributed by atoms with van der Waals surface area (Å²) in [6.07, 6.45) is 0.982. The molecular formula is C12H11ClN6O3S. The van der Waals surface area contributed by atoms with Gasteiger partial charge in [-0.3, -0.25) is 0 Å². The predicted molar refractivity (Wildman–Crippen MR) is 83.1 cm³/mol. The van der Waals surface area contributed by atoms with Gasteiger partial charge in [-0.2, -0.15) is 19.5 Å². The molecule has 3 aromatic rings. The van der Waals surface area contributed by atoms with Gasteiger partial charge >= 0.3 is 0 Å². The average molecular weight is 355 g/mol. The molecule has 2 heterocycles. The van der Waals surface area contributed by atoms with E-state index in [0.717, 1.165) is 10.8 Å². The summed E-state index contributed by atoms with van der Waals surface area (Å²) in [6, 6.07) is 4.95. The summed E-state index contributed by atoms with van der Waals surface area (Å²) < 4.78 is 29.5. The van der Waals surface area contributed by atoms with E-state index in [4.69, 9.17) is 22.1 Å². The van der Waals surface area contributed by atoms with Crippen LogP contribution in [0.4, 0.5) is 5.95 Å². The molecule has 0 unspecified atom stereocenters. The highest BCUT2D eigenvalue weighted by atomic mass is 35.5. The Kier molecular flexibility index (Phi) is 3.57. The number of ether oxygens (including phenoxy) is 1. The van der Waals surface area contributed by atoms with E-state index in [-0.39, 0.29) is 17.6 Å². The topological polar surface area (TPSA) is 125 Å². The van der Waals surface area contributed by atoms with Crippen LogP contribution in [0.1, 0.15) is 0 Å². The third kappa shape index (κ3) is 2.78. The van der Waals surface area contributed by atoms with Crippen molar-refractivity contribution in [2.24, 2.45) is 0 Å². The fourth-order valence-electron chi connectivity index (χ4n) is 1.92. The van der Waals surface area contributed by atoms with Gasteiger partial charge in [0.15, 0.2) is 5.82 Å². The van der Waals surface area contributed by atoms with E-state index in [1.54, 1.807) is 18.2 Å². The molecule has 0 amide bonds. The van der Waals surface area contributed by atoms with Gasteiger partial charge < -0.3 is 10.5 Å². The third-order valence-corrected chi connectivity index (χ3v) is 4.03. The number of fused-ring (bicyclic) bond motifs is 1. The van der Waals surface area contributed by atoms with Crippen LogP contribution >= 0.6 is 11.6 Å². The quantitative estimate of drug-likeness (QED) is 0.733. The number of methoxy groups -OCH3 is 1. The van der Waals surface area contributed by atoms with Crippen LogP contribution in [0.15, 0.2) is 23.4 Å². The van der Waals surface area contributed by atoms with Crippen LogP contribution in [0.5, 0.6) is 5.75 Å². The van der Waals surface area contributed by atoms with E-state index in [2.05, 4.69) is 20.1 Å². The zero-order chi connectivity index (χ0) is 16.8. The molecular weight excluding hydrogens is 344 g/mol. The molecule has 0 saturated carbocycles. The second-order valence-electron chi connectivity index (χ2n) is 4.63. The van der Waals surface area contributed by atoms with Gasteiger partial charge in [-0.1, -0.05) is 11.6 Å². The van der Waals surface area contributed by atoms with Crippen LogP contribution in [0, 0.1) is 0 Å². The first kappa shape index (κ1) is 15.4. The maximum absolute atomic E-state index is 11.6. The number of halogens is 1. The summed E-state index contributed by atoms with van der Waals surface area (Å²) >= 11 is 5.99.